The van der Waals surface area contributed by atoms with E-state index in [1.165, 1.54) is 4.31 Å². The van der Waals surface area contributed by atoms with Gasteiger partial charge in [0.25, 0.3) is 0 Å². The van der Waals surface area contributed by atoms with Crippen molar-refractivity contribution in [1.29, 1.82) is 0 Å². The fraction of sp³-hybridized carbons (Fsp3) is 0.692. The number of hydrogen-bond acceptors (Lipinski definition) is 2. The van der Waals surface area contributed by atoms with E-state index in [-0.39, 0.29) is 0 Å². The first-order chi connectivity index (χ1) is 9.01. The number of aryl methyl sites for hydroxylation is 1. The van der Waals surface area contributed by atoms with Crippen LogP contribution in [0.2, 0.25) is 0 Å². The van der Waals surface area contributed by atoms with E-state index in [1.807, 2.05) is 18.4 Å². The molecule has 0 atom stereocenters. The van der Waals surface area contributed by atoms with Crippen molar-refractivity contribution in [3.63, 3.8) is 0 Å². The lowest BCUT2D eigenvalue weighted by atomic mass is 10.3. The van der Waals surface area contributed by atoms with Crippen molar-refractivity contribution in [3.05, 3.63) is 18.0 Å². The first-order valence-corrected chi connectivity index (χ1v) is 8.73. The molecule has 0 saturated carbocycles. The van der Waals surface area contributed by atoms with Gasteiger partial charge in [-0.25, -0.2) is 8.42 Å². The Bertz CT molecular complexity index is 475. The maximum atomic E-state index is 12.5. The summed E-state index contributed by atoms with van der Waals surface area (Å²) in [6, 6.07) is 1.68. The highest BCUT2D eigenvalue weighted by Gasteiger charge is 2.24. The Kier molecular flexibility index (Phi) is 6.36. The van der Waals surface area contributed by atoms with E-state index in [0.29, 0.717) is 23.9 Å². The molecule has 0 amide bonds. The predicted molar refractivity (Wildman–Crippen MR) is 79.0 cm³/mol. The Balaban J connectivity index is 3.07. The van der Waals surface area contributed by atoms with Crippen LogP contribution in [0.1, 0.15) is 39.3 Å². The summed E-state index contributed by atoms with van der Waals surface area (Å²) in [6.45, 7) is 7.69. The minimum absolute atomic E-state index is 0.324. The third kappa shape index (κ3) is 3.74. The minimum atomic E-state index is -3.39. The van der Waals surface area contributed by atoms with Crippen molar-refractivity contribution in [2.45, 2.75) is 50.9 Å². The third-order valence-corrected chi connectivity index (χ3v) is 5.40. The van der Waals surface area contributed by atoms with Gasteiger partial charge >= 0.3 is 0 Å². The van der Waals surface area contributed by atoms with Crippen molar-refractivity contribution >= 4 is 21.6 Å². The van der Waals surface area contributed by atoms with Gasteiger partial charge in [-0.3, -0.25) is 0 Å². The number of alkyl halides is 1. The van der Waals surface area contributed by atoms with Gasteiger partial charge in [-0.05, 0) is 19.4 Å². The summed E-state index contributed by atoms with van der Waals surface area (Å²) in [5.41, 5.74) is 0.842. The van der Waals surface area contributed by atoms with Crippen molar-refractivity contribution in [3.8, 4) is 0 Å². The van der Waals surface area contributed by atoms with Crippen molar-refractivity contribution < 1.29 is 8.42 Å². The molecule has 0 aliphatic heterocycles. The average molecular weight is 307 g/mol. The molecule has 0 aromatic carbocycles. The second-order valence-electron chi connectivity index (χ2n) is 4.44. The summed E-state index contributed by atoms with van der Waals surface area (Å²) in [5, 5.41) is 0. The third-order valence-electron chi connectivity index (χ3n) is 3.19. The second-order valence-corrected chi connectivity index (χ2v) is 6.64. The zero-order valence-electron chi connectivity index (χ0n) is 11.9. The van der Waals surface area contributed by atoms with Crippen LogP contribution in [0.4, 0.5) is 0 Å². The van der Waals surface area contributed by atoms with Crippen LogP contribution < -0.4 is 0 Å². The molecule has 1 aromatic heterocycles. The molecule has 0 radical (unpaired) electrons. The molecular formula is C13H23ClN2O2S. The summed E-state index contributed by atoms with van der Waals surface area (Å²) in [4.78, 5) is 0.350. The van der Waals surface area contributed by atoms with Crippen LogP contribution in [0.5, 0.6) is 0 Å². The van der Waals surface area contributed by atoms with Gasteiger partial charge < -0.3 is 4.57 Å². The zero-order valence-corrected chi connectivity index (χ0v) is 13.5. The van der Waals surface area contributed by atoms with Gasteiger partial charge in [-0.2, -0.15) is 4.31 Å². The van der Waals surface area contributed by atoms with E-state index in [4.69, 9.17) is 11.6 Å². The molecule has 0 fully saturated rings. The van der Waals surface area contributed by atoms with Crippen LogP contribution in [-0.2, 0) is 22.4 Å². The summed E-state index contributed by atoms with van der Waals surface area (Å²) in [6.07, 6.45) is 3.54. The topological polar surface area (TPSA) is 42.3 Å². The number of aromatic nitrogens is 1. The first-order valence-electron chi connectivity index (χ1n) is 6.76. The molecule has 1 heterocycles. The van der Waals surface area contributed by atoms with Crippen molar-refractivity contribution in [2.24, 2.45) is 0 Å². The Labute approximate surface area is 121 Å². The van der Waals surface area contributed by atoms with E-state index in [1.54, 1.807) is 12.3 Å². The van der Waals surface area contributed by atoms with Crippen LogP contribution in [0, 0.1) is 0 Å². The van der Waals surface area contributed by atoms with E-state index in [0.717, 1.165) is 25.1 Å². The number of nitrogens with zero attached hydrogens (tertiary/aromatic N) is 2. The highest BCUT2D eigenvalue weighted by molar-refractivity contribution is 7.89. The summed E-state index contributed by atoms with van der Waals surface area (Å²) in [7, 11) is -3.39. The lowest BCUT2D eigenvalue weighted by molar-refractivity contribution is 0.419. The second kappa shape index (κ2) is 7.31. The molecule has 0 aliphatic carbocycles. The molecule has 19 heavy (non-hydrogen) atoms. The largest absolute Gasteiger partial charge is 0.349 e. The summed E-state index contributed by atoms with van der Waals surface area (Å²) in [5.74, 6) is 0.324. The fourth-order valence-electron chi connectivity index (χ4n) is 2.00. The molecule has 0 N–H and O–H groups in total. The van der Waals surface area contributed by atoms with Gasteiger partial charge in [-0.15, -0.1) is 11.6 Å². The summed E-state index contributed by atoms with van der Waals surface area (Å²) < 4.78 is 28.5. The van der Waals surface area contributed by atoms with Gasteiger partial charge in [0.15, 0.2) is 0 Å². The zero-order chi connectivity index (χ0) is 14.5. The van der Waals surface area contributed by atoms with Crippen molar-refractivity contribution in [2.75, 3.05) is 13.1 Å². The molecule has 0 spiro atoms. The van der Waals surface area contributed by atoms with Gasteiger partial charge in [-0.1, -0.05) is 20.3 Å². The minimum Gasteiger partial charge on any atom is -0.349 e. The van der Waals surface area contributed by atoms with Crippen LogP contribution in [0.25, 0.3) is 0 Å². The number of unbranched alkanes of at least 4 members (excludes halogenated alkanes) is 1. The molecule has 110 valence electrons. The number of rotatable bonds is 8. The maximum Gasteiger partial charge on any atom is 0.244 e. The van der Waals surface area contributed by atoms with E-state index in [2.05, 4.69) is 6.92 Å². The number of sulfonamides is 1. The highest BCUT2D eigenvalue weighted by atomic mass is 35.5. The lowest BCUT2D eigenvalue weighted by Crippen LogP contribution is -2.31. The van der Waals surface area contributed by atoms with Crippen LogP contribution >= 0.6 is 11.6 Å². The molecule has 0 unspecified atom stereocenters. The number of halogens is 1. The molecule has 1 aromatic rings. The average Bonchev–Trinajstić information content (AvgIpc) is 2.83. The van der Waals surface area contributed by atoms with Gasteiger partial charge in [0.2, 0.25) is 10.0 Å². The fourth-order valence-corrected chi connectivity index (χ4v) is 3.79. The molecule has 6 heteroatoms. The lowest BCUT2D eigenvalue weighted by Gasteiger charge is -2.19. The van der Waals surface area contributed by atoms with Crippen molar-refractivity contribution in [1.82, 2.24) is 8.87 Å². The molecule has 0 saturated heterocycles. The normalized spacial score (nSPS) is 12.3. The Morgan fingerprint density at radius 1 is 1.32 bits per heavy atom. The Hall–Kier alpha value is -0.520. The van der Waals surface area contributed by atoms with Crippen LogP contribution in [0.15, 0.2) is 17.2 Å². The van der Waals surface area contributed by atoms with Gasteiger partial charge in [0.1, 0.15) is 4.90 Å². The monoisotopic (exact) mass is 306 g/mol. The molecule has 0 aliphatic rings. The Morgan fingerprint density at radius 2 is 2.00 bits per heavy atom. The first kappa shape index (κ1) is 16.5. The number of hydrogen-bond donors (Lipinski definition) is 0. The molecule has 4 nitrogen and oxygen atoms in total. The van der Waals surface area contributed by atoms with Crippen LogP contribution in [-0.4, -0.2) is 30.4 Å². The SMILES string of the molecule is CCCCN(CC)S(=O)(=O)c1cc(CCl)n(CC)c1. The molecular weight excluding hydrogens is 284 g/mol. The Morgan fingerprint density at radius 3 is 2.42 bits per heavy atom. The van der Waals surface area contributed by atoms with Crippen LogP contribution in [0.3, 0.4) is 0 Å². The maximum absolute atomic E-state index is 12.5. The molecule has 0 bridgehead atoms. The summed E-state index contributed by atoms with van der Waals surface area (Å²) >= 11 is 5.84. The van der Waals surface area contributed by atoms with Gasteiger partial charge in [0, 0.05) is 31.5 Å². The standard InChI is InChI=1S/C13H23ClN2O2S/c1-4-7-8-16(6-3)19(17,18)13-9-12(10-14)15(5-2)11-13/h9,11H,4-8,10H2,1-3H3. The van der Waals surface area contributed by atoms with Gasteiger partial charge in [0.05, 0.1) is 5.88 Å². The van der Waals surface area contributed by atoms with E-state index in [9.17, 15) is 8.42 Å². The molecule has 1 rings (SSSR count). The van der Waals surface area contributed by atoms with E-state index < -0.39 is 10.0 Å². The quantitative estimate of drug-likeness (QED) is 0.693. The highest BCUT2D eigenvalue weighted by Crippen LogP contribution is 2.20. The van der Waals surface area contributed by atoms with E-state index >= 15 is 0 Å². The predicted octanol–water partition coefficient (Wildman–Crippen LogP) is 3.06. The smallest absolute Gasteiger partial charge is 0.244 e.